The third-order valence-electron chi connectivity index (χ3n) is 4.14. The first kappa shape index (κ1) is 14.9. The molecular formula is C16H25N3O. The number of urea groups is 1. The zero-order valence-electron chi connectivity index (χ0n) is 12.2. The highest BCUT2D eigenvalue weighted by atomic mass is 16.2. The van der Waals surface area contributed by atoms with E-state index in [1.807, 2.05) is 24.3 Å². The Balaban J connectivity index is 1.84. The van der Waals surface area contributed by atoms with Crippen molar-refractivity contribution >= 4 is 11.7 Å². The van der Waals surface area contributed by atoms with E-state index in [0.717, 1.165) is 11.3 Å². The average molecular weight is 275 g/mol. The molecule has 0 spiro atoms. The van der Waals surface area contributed by atoms with E-state index < -0.39 is 0 Å². The molecule has 1 aliphatic carbocycles. The van der Waals surface area contributed by atoms with Crippen molar-refractivity contribution in [3.8, 4) is 0 Å². The zero-order chi connectivity index (χ0) is 14.4. The molecule has 1 fully saturated rings. The second kappa shape index (κ2) is 7.29. The minimum absolute atomic E-state index is 0.128. The van der Waals surface area contributed by atoms with Gasteiger partial charge in [-0.2, -0.15) is 0 Å². The van der Waals surface area contributed by atoms with Crippen molar-refractivity contribution in [3.63, 3.8) is 0 Å². The lowest BCUT2D eigenvalue weighted by Gasteiger charge is -2.28. The molecule has 1 saturated carbocycles. The topological polar surface area (TPSA) is 67.2 Å². The predicted octanol–water partition coefficient (Wildman–Crippen LogP) is 3.24. The molecule has 0 radical (unpaired) electrons. The molecular weight excluding hydrogens is 250 g/mol. The number of hydrogen-bond acceptors (Lipinski definition) is 2. The van der Waals surface area contributed by atoms with Gasteiger partial charge in [0, 0.05) is 18.3 Å². The van der Waals surface area contributed by atoms with Gasteiger partial charge in [-0.05, 0) is 43.4 Å². The van der Waals surface area contributed by atoms with E-state index in [-0.39, 0.29) is 12.1 Å². The molecule has 20 heavy (non-hydrogen) atoms. The Morgan fingerprint density at radius 1 is 1.35 bits per heavy atom. The van der Waals surface area contributed by atoms with Crippen LogP contribution in [0.25, 0.3) is 0 Å². The SMILES string of the molecule is CC(NC(=O)Nc1cccc(CN)c1)C1CCCCC1. The molecule has 1 unspecified atom stereocenters. The Bertz CT molecular complexity index is 441. The van der Waals surface area contributed by atoms with E-state index >= 15 is 0 Å². The summed E-state index contributed by atoms with van der Waals surface area (Å²) < 4.78 is 0. The maximum Gasteiger partial charge on any atom is 0.319 e. The predicted molar refractivity (Wildman–Crippen MR) is 82.5 cm³/mol. The van der Waals surface area contributed by atoms with Gasteiger partial charge in [-0.3, -0.25) is 0 Å². The van der Waals surface area contributed by atoms with Crippen molar-refractivity contribution in [2.45, 2.75) is 51.6 Å². The van der Waals surface area contributed by atoms with Crippen LogP contribution in [0.5, 0.6) is 0 Å². The highest BCUT2D eigenvalue weighted by Crippen LogP contribution is 2.26. The summed E-state index contributed by atoms with van der Waals surface area (Å²) in [6, 6.07) is 7.75. The van der Waals surface area contributed by atoms with Gasteiger partial charge in [0.25, 0.3) is 0 Å². The Hall–Kier alpha value is -1.55. The van der Waals surface area contributed by atoms with Crippen LogP contribution in [0.4, 0.5) is 10.5 Å². The summed E-state index contributed by atoms with van der Waals surface area (Å²) in [6.45, 7) is 2.58. The van der Waals surface area contributed by atoms with Gasteiger partial charge in [0.1, 0.15) is 0 Å². The van der Waals surface area contributed by atoms with Crippen molar-refractivity contribution in [3.05, 3.63) is 29.8 Å². The monoisotopic (exact) mass is 275 g/mol. The van der Waals surface area contributed by atoms with Crippen LogP contribution in [0.15, 0.2) is 24.3 Å². The molecule has 2 amide bonds. The summed E-state index contributed by atoms with van der Waals surface area (Å²) in [5, 5.41) is 5.94. The largest absolute Gasteiger partial charge is 0.335 e. The van der Waals surface area contributed by atoms with E-state index in [1.54, 1.807) is 0 Å². The lowest BCUT2D eigenvalue weighted by atomic mass is 9.85. The van der Waals surface area contributed by atoms with Gasteiger partial charge in [-0.1, -0.05) is 31.4 Å². The Labute approximate surface area is 121 Å². The van der Waals surface area contributed by atoms with Crippen LogP contribution in [0.2, 0.25) is 0 Å². The summed E-state index contributed by atoms with van der Waals surface area (Å²) >= 11 is 0. The summed E-state index contributed by atoms with van der Waals surface area (Å²) in [7, 11) is 0. The molecule has 0 aromatic heterocycles. The lowest BCUT2D eigenvalue weighted by Crippen LogP contribution is -2.41. The lowest BCUT2D eigenvalue weighted by molar-refractivity contribution is 0.235. The number of benzene rings is 1. The quantitative estimate of drug-likeness (QED) is 0.789. The summed E-state index contributed by atoms with van der Waals surface area (Å²) in [4.78, 5) is 12.0. The van der Waals surface area contributed by atoms with Crippen LogP contribution in [0.3, 0.4) is 0 Å². The summed E-state index contributed by atoms with van der Waals surface area (Å²) in [5.41, 5.74) is 7.41. The first-order valence-corrected chi connectivity index (χ1v) is 7.55. The van der Waals surface area contributed by atoms with Gasteiger partial charge in [-0.25, -0.2) is 4.79 Å². The molecule has 4 nitrogen and oxygen atoms in total. The van der Waals surface area contributed by atoms with Crippen LogP contribution in [-0.2, 0) is 6.54 Å². The van der Waals surface area contributed by atoms with Crippen molar-refractivity contribution in [2.24, 2.45) is 11.7 Å². The number of rotatable bonds is 4. The van der Waals surface area contributed by atoms with Crippen molar-refractivity contribution in [1.82, 2.24) is 5.32 Å². The fourth-order valence-electron chi connectivity index (χ4n) is 2.90. The normalized spacial score (nSPS) is 17.5. The third-order valence-corrected chi connectivity index (χ3v) is 4.14. The molecule has 110 valence electrons. The van der Waals surface area contributed by atoms with Crippen LogP contribution in [-0.4, -0.2) is 12.1 Å². The van der Waals surface area contributed by atoms with Crippen molar-refractivity contribution in [1.29, 1.82) is 0 Å². The fourth-order valence-corrected chi connectivity index (χ4v) is 2.90. The van der Waals surface area contributed by atoms with E-state index in [4.69, 9.17) is 5.73 Å². The van der Waals surface area contributed by atoms with Gasteiger partial charge in [0.2, 0.25) is 0 Å². The standard InChI is InChI=1S/C16H25N3O/c1-12(14-7-3-2-4-8-14)18-16(20)19-15-9-5-6-13(10-15)11-17/h5-6,9-10,12,14H,2-4,7-8,11,17H2,1H3,(H2,18,19,20). The molecule has 1 aromatic rings. The second-order valence-corrected chi connectivity index (χ2v) is 5.69. The number of carbonyl (C=O) groups is 1. The van der Waals surface area contributed by atoms with Crippen molar-refractivity contribution in [2.75, 3.05) is 5.32 Å². The zero-order valence-corrected chi connectivity index (χ0v) is 12.2. The van der Waals surface area contributed by atoms with Gasteiger partial charge >= 0.3 is 6.03 Å². The molecule has 1 aliphatic rings. The minimum Gasteiger partial charge on any atom is -0.335 e. The smallest absolute Gasteiger partial charge is 0.319 e. The first-order valence-electron chi connectivity index (χ1n) is 7.55. The fraction of sp³-hybridized carbons (Fsp3) is 0.562. The number of anilines is 1. The Kier molecular flexibility index (Phi) is 5.41. The van der Waals surface area contributed by atoms with Gasteiger partial charge < -0.3 is 16.4 Å². The second-order valence-electron chi connectivity index (χ2n) is 5.69. The summed E-state index contributed by atoms with van der Waals surface area (Å²) in [6.07, 6.45) is 6.36. The maximum absolute atomic E-state index is 12.0. The molecule has 0 saturated heterocycles. The minimum atomic E-state index is -0.128. The van der Waals surface area contributed by atoms with Crippen LogP contribution < -0.4 is 16.4 Å². The molecule has 1 aromatic carbocycles. The number of amides is 2. The molecule has 4 heteroatoms. The van der Waals surface area contributed by atoms with Gasteiger partial charge in [-0.15, -0.1) is 0 Å². The summed E-state index contributed by atoms with van der Waals surface area (Å²) in [5.74, 6) is 0.616. The maximum atomic E-state index is 12.0. The molecule has 0 heterocycles. The van der Waals surface area contributed by atoms with Crippen molar-refractivity contribution < 1.29 is 4.79 Å². The molecule has 2 rings (SSSR count). The van der Waals surface area contributed by atoms with E-state index in [9.17, 15) is 4.79 Å². The van der Waals surface area contributed by atoms with E-state index in [1.165, 1.54) is 32.1 Å². The van der Waals surface area contributed by atoms with Gasteiger partial charge in [0.05, 0.1) is 0 Å². The van der Waals surface area contributed by atoms with Gasteiger partial charge in [0.15, 0.2) is 0 Å². The first-order chi connectivity index (χ1) is 9.69. The molecule has 0 bridgehead atoms. The average Bonchev–Trinajstić information content (AvgIpc) is 2.48. The number of nitrogens with one attached hydrogen (secondary N) is 2. The number of nitrogens with two attached hydrogens (primary N) is 1. The number of hydrogen-bond donors (Lipinski definition) is 3. The van der Waals surface area contributed by atoms with Crippen LogP contribution >= 0.6 is 0 Å². The highest BCUT2D eigenvalue weighted by molar-refractivity contribution is 5.89. The Morgan fingerprint density at radius 2 is 2.10 bits per heavy atom. The van der Waals surface area contributed by atoms with E-state index in [0.29, 0.717) is 12.5 Å². The third kappa shape index (κ3) is 4.23. The highest BCUT2D eigenvalue weighted by Gasteiger charge is 2.21. The molecule has 1 atom stereocenters. The molecule has 4 N–H and O–H groups in total. The molecule has 0 aliphatic heterocycles. The number of carbonyl (C=O) groups excluding carboxylic acids is 1. The van der Waals surface area contributed by atoms with Crippen LogP contribution in [0.1, 0.15) is 44.6 Å². The van der Waals surface area contributed by atoms with E-state index in [2.05, 4.69) is 17.6 Å². The Morgan fingerprint density at radius 3 is 2.80 bits per heavy atom. The van der Waals surface area contributed by atoms with Crippen LogP contribution in [0, 0.1) is 5.92 Å².